The summed E-state index contributed by atoms with van der Waals surface area (Å²) < 4.78 is 44.9. The summed E-state index contributed by atoms with van der Waals surface area (Å²) in [5, 5.41) is 2.98. The summed E-state index contributed by atoms with van der Waals surface area (Å²) in [6, 6.07) is 2.85. The molecule has 0 unspecified atom stereocenters. The van der Waals surface area contributed by atoms with Gasteiger partial charge in [0.15, 0.2) is 0 Å². The van der Waals surface area contributed by atoms with E-state index in [0.29, 0.717) is 36.7 Å². The number of benzene rings is 1. The number of nitrogens with one attached hydrogen (secondary N) is 1. The first-order valence-electron chi connectivity index (χ1n) is 9.83. The molecule has 1 amide bonds. The molecule has 2 aliphatic heterocycles. The zero-order chi connectivity index (χ0) is 22.3. The van der Waals surface area contributed by atoms with Crippen LogP contribution in [-0.4, -0.2) is 40.0 Å². The number of nitrogens with zero attached hydrogens (tertiary/aromatic N) is 3. The molecule has 7 nitrogen and oxygen atoms in total. The maximum atomic E-state index is 13.2. The van der Waals surface area contributed by atoms with Crippen LogP contribution in [0.15, 0.2) is 18.2 Å². The van der Waals surface area contributed by atoms with Crippen molar-refractivity contribution in [3.8, 4) is 0 Å². The van der Waals surface area contributed by atoms with Crippen molar-refractivity contribution in [3.63, 3.8) is 0 Å². The molecule has 0 radical (unpaired) electrons. The zero-order valence-electron chi connectivity index (χ0n) is 16.7. The van der Waals surface area contributed by atoms with Crippen molar-refractivity contribution in [1.82, 2.24) is 14.9 Å². The van der Waals surface area contributed by atoms with E-state index in [1.165, 1.54) is 6.07 Å². The van der Waals surface area contributed by atoms with Crippen molar-refractivity contribution < 1.29 is 22.7 Å². The first-order valence-corrected chi connectivity index (χ1v) is 10.2. The highest BCUT2D eigenvalue weighted by atomic mass is 35.5. The minimum Gasteiger partial charge on any atom is -0.399 e. The van der Waals surface area contributed by atoms with Gasteiger partial charge in [0.1, 0.15) is 11.5 Å². The summed E-state index contributed by atoms with van der Waals surface area (Å²) in [6.45, 7) is 3.15. The Morgan fingerprint density at radius 3 is 2.65 bits per heavy atom. The molecule has 1 aromatic heterocycles. The Balaban J connectivity index is 1.62. The van der Waals surface area contributed by atoms with Gasteiger partial charge in [0.05, 0.1) is 18.2 Å². The molecule has 1 aromatic carbocycles. The summed E-state index contributed by atoms with van der Waals surface area (Å²) in [4.78, 5) is 23.0. The number of hydrogen-bond donors (Lipinski definition) is 2. The lowest BCUT2D eigenvalue weighted by Gasteiger charge is -2.30. The van der Waals surface area contributed by atoms with Gasteiger partial charge in [-0.05, 0) is 55.1 Å². The standard InChI is InChI=1S/C20H21ClF3N5O2/c1-10(11-6-12(20(22,23)24)8-13(25)7-11)26-17-15-9-29(14-2-4-31-5-3-14)18(30)16(15)27-19(21)28-17/h6-8,10,14H,2-5,9,25H2,1H3,(H,26,27,28)/t10-/m1/s1. The van der Waals surface area contributed by atoms with Crippen molar-refractivity contribution in [2.45, 2.75) is 44.6 Å². The summed E-state index contributed by atoms with van der Waals surface area (Å²) in [6.07, 6.45) is -3.06. The Bertz CT molecular complexity index is 1010. The number of rotatable bonds is 4. The second kappa shape index (κ2) is 8.16. The van der Waals surface area contributed by atoms with Gasteiger partial charge >= 0.3 is 6.18 Å². The minimum atomic E-state index is -4.51. The quantitative estimate of drug-likeness (QED) is 0.534. The van der Waals surface area contributed by atoms with Crippen LogP contribution in [0.1, 0.15) is 53.0 Å². The third kappa shape index (κ3) is 4.40. The summed E-state index contributed by atoms with van der Waals surface area (Å²) in [7, 11) is 0. The number of halogens is 4. The molecule has 0 spiro atoms. The summed E-state index contributed by atoms with van der Waals surface area (Å²) in [5.74, 6) is 0.0895. The number of nitrogens with two attached hydrogens (primary N) is 1. The Labute approximate surface area is 181 Å². The molecule has 1 saturated heterocycles. The number of anilines is 2. The number of fused-ring (bicyclic) bond motifs is 1. The third-order valence-electron chi connectivity index (χ3n) is 5.56. The number of alkyl halides is 3. The van der Waals surface area contributed by atoms with Crippen LogP contribution in [0.3, 0.4) is 0 Å². The molecule has 2 aromatic rings. The number of carbonyl (C=O) groups excluding carboxylic acids is 1. The van der Waals surface area contributed by atoms with E-state index in [4.69, 9.17) is 22.1 Å². The molecular formula is C20H21ClF3N5O2. The van der Waals surface area contributed by atoms with E-state index in [1.54, 1.807) is 11.8 Å². The van der Waals surface area contributed by atoms with Gasteiger partial charge in [-0.25, -0.2) is 9.97 Å². The summed E-state index contributed by atoms with van der Waals surface area (Å²) >= 11 is 6.05. The predicted molar refractivity (Wildman–Crippen MR) is 109 cm³/mol. The zero-order valence-corrected chi connectivity index (χ0v) is 17.4. The van der Waals surface area contributed by atoms with Crippen molar-refractivity contribution in [3.05, 3.63) is 45.9 Å². The molecule has 0 aliphatic carbocycles. The Hall–Kier alpha value is -2.59. The van der Waals surface area contributed by atoms with Crippen LogP contribution in [0.25, 0.3) is 0 Å². The molecule has 2 aliphatic rings. The lowest BCUT2D eigenvalue weighted by molar-refractivity contribution is -0.137. The fourth-order valence-electron chi connectivity index (χ4n) is 3.95. The van der Waals surface area contributed by atoms with Crippen molar-refractivity contribution in [2.24, 2.45) is 0 Å². The van der Waals surface area contributed by atoms with E-state index < -0.39 is 17.8 Å². The number of nitrogen functional groups attached to an aromatic ring is 1. The molecule has 0 saturated carbocycles. The van der Waals surface area contributed by atoms with Gasteiger partial charge in [-0.1, -0.05) is 0 Å². The smallest absolute Gasteiger partial charge is 0.399 e. The molecule has 0 bridgehead atoms. The largest absolute Gasteiger partial charge is 0.416 e. The molecule has 1 atom stereocenters. The Kier molecular flexibility index (Phi) is 5.69. The van der Waals surface area contributed by atoms with Gasteiger partial charge in [-0.3, -0.25) is 4.79 Å². The van der Waals surface area contributed by atoms with Crippen molar-refractivity contribution >= 4 is 29.0 Å². The minimum absolute atomic E-state index is 0.00490. The van der Waals surface area contributed by atoms with E-state index in [2.05, 4.69) is 15.3 Å². The lowest BCUT2D eigenvalue weighted by Crippen LogP contribution is -2.39. The highest BCUT2D eigenvalue weighted by Crippen LogP contribution is 2.35. The van der Waals surface area contributed by atoms with Gasteiger partial charge in [0, 0.05) is 30.5 Å². The molecule has 31 heavy (non-hydrogen) atoms. The highest BCUT2D eigenvalue weighted by molar-refractivity contribution is 6.28. The number of carbonyl (C=O) groups is 1. The fourth-order valence-corrected chi connectivity index (χ4v) is 4.12. The number of ether oxygens (including phenoxy) is 1. The van der Waals surface area contributed by atoms with Crippen LogP contribution >= 0.6 is 11.6 Å². The predicted octanol–water partition coefficient (Wildman–Crippen LogP) is 4.04. The second-order valence-electron chi connectivity index (χ2n) is 7.70. The molecule has 11 heteroatoms. The third-order valence-corrected chi connectivity index (χ3v) is 5.73. The first kappa shape index (κ1) is 21.6. The summed E-state index contributed by atoms with van der Waals surface area (Å²) in [5.41, 5.74) is 5.98. The van der Waals surface area contributed by atoms with Crippen molar-refractivity contribution in [1.29, 1.82) is 0 Å². The molecule has 4 rings (SSSR count). The average molecular weight is 456 g/mol. The second-order valence-corrected chi connectivity index (χ2v) is 8.04. The molecule has 166 valence electrons. The van der Waals surface area contributed by atoms with Crippen LogP contribution in [0.2, 0.25) is 5.28 Å². The number of hydrogen-bond acceptors (Lipinski definition) is 6. The van der Waals surface area contributed by atoms with Crippen LogP contribution in [0.4, 0.5) is 24.7 Å². The highest BCUT2D eigenvalue weighted by Gasteiger charge is 2.37. The monoisotopic (exact) mass is 455 g/mol. The molecule has 3 heterocycles. The van der Waals surface area contributed by atoms with E-state index >= 15 is 0 Å². The van der Waals surface area contributed by atoms with Crippen LogP contribution < -0.4 is 11.1 Å². The van der Waals surface area contributed by atoms with Crippen LogP contribution in [0, 0.1) is 0 Å². The van der Waals surface area contributed by atoms with Gasteiger partial charge in [0.2, 0.25) is 5.28 Å². The average Bonchev–Trinajstić information content (AvgIpc) is 3.04. The number of amides is 1. The SMILES string of the molecule is C[C@@H](Nc1nc(Cl)nc2c1CN(C1CCOCC1)C2=O)c1cc(N)cc(C(F)(F)F)c1. The van der Waals surface area contributed by atoms with E-state index in [1.807, 2.05) is 0 Å². The van der Waals surface area contributed by atoms with Gasteiger partial charge in [-0.2, -0.15) is 13.2 Å². The van der Waals surface area contributed by atoms with E-state index in [9.17, 15) is 18.0 Å². The number of aromatic nitrogens is 2. The van der Waals surface area contributed by atoms with Gasteiger partial charge in [-0.15, -0.1) is 0 Å². The van der Waals surface area contributed by atoms with Crippen LogP contribution in [-0.2, 0) is 17.5 Å². The molecule has 3 N–H and O–H groups in total. The maximum Gasteiger partial charge on any atom is 0.416 e. The Morgan fingerprint density at radius 2 is 1.97 bits per heavy atom. The van der Waals surface area contributed by atoms with E-state index in [-0.39, 0.29) is 28.6 Å². The van der Waals surface area contributed by atoms with E-state index in [0.717, 1.165) is 25.0 Å². The normalized spacial score (nSPS) is 18.2. The van der Waals surface area contributed by atoms with Crippen LogP contribution in [0.5, 0.6) is 0 Å². The first-order chi connectivity index (χ1) is 14.6. The van der Waals surface area contributed by atoms with Gasteiger partial charge in [0.25, 0.3) is 5.91 Å². The topological polar surface area (TPSA) is 93.4 Å². The van der Waals surface area contributed by atoms with Gasteiger partial charge < -0.3 is 20.7 Å². The molecular weight excluding hydrogens is 435 g/mol. The molecule has 1 fully saturated rings. The Morgan fingerprint density at radius 1 is 1.26 bits per heavy atom. The fraction of sp³-hybridized carbons (Fsp3) is 0.450. The van der Waals surface area contributed by atoms with Crippen molar-refractivity contribution in [2.75, 3.05) is 24.3 Å². The lowest BCUT2D eigenvalue weighted by atomic mass is 10.0. The maximum absolute atomic E-state index is 13.2.